The molecule has 1 N–H and O–H groups in total. The summed E-state index contributed by atoms with van der Waals surface area (Å²) in [6.07, 6.45) is 1.62. The number of hydrogen-bond acceptors (Lipinski definition) is 2. The minimum atomic E-state index is -0.117. The molecule has 0 aliphatic rings. The zero-order chi connectivity index (χ0) is 15.3. The van der Waals surface area contributed by atoms with Crippen LogP contribution < -0.4 is 5.56 Å². The monoisotopic (exact) mass is 309 g/mol. The van der Waals surface area contributed by atoms with Crippen molar-refractivity contribution in [2.45, 2.75) is 6.92 Å². The minimum absolute atomic E-state index is 0.117. The van der Waals surface area contributed by atoms with Crippen molar-refractivity contribution < 1.29 is 0 Å². The first-order valence-electron chi connectivity index (χ1n) is 6.89. The lowest BCUT2D eigenvalue weighted by atomic mass is 10.1. The largest absolute Gasteiger partial charge is 0.290 e. The van der Waals surface area contributed by atoms with Gasteiger partial charge in [0.2, 0.25) is 0 Å². The maximum absolute atomic E-state index is 12.6. The summed E-state index contributed by atoms with van der Waals surface area (Å²) in [4.78, 5) is 17.0. The highest BCUT2D eigenvalue weighted by Gasteiger charge is 2.12. The van der Waals surface area contributed by atoms with Gasteiger partial charge < -0.3 is 0 Å². The van der Waals surface area contributed by atoms with Crippen molar-refractivity contribution in [1.29, 1.82) is 0 Å². The van der Waals surface area contributed by atoms with E-state index in [0.29, 0.717) is 10.4 Å². The van der Waals surface area contributed by atoms with Crippen LogP contribution in [-0.4, -0.2) is 14.8 Å². The van der Waals surface area contributed by atoms with E-state index in [1.165, 1.54) is 4.68 Å². The fourth-order valence-electron chi connectivity index (χ4n) is 2.64. The predicted octanol–water partition coefficient (Wildman–Crippen LogP) is 3.83. The molecule has 2 aromatic carbocycles. The molecule has 0 unspecified atom stereocenters. The highest BCUT2D eigenvalue weighted by Crippen LogP contribution is 2.22. The van der Waals surface area contributed by atoms with Crippen LogP contribution >= 0.6 is 11.6 Å². The Morgan fingerprint density at radius 2 is 1.86 bits per heavy atom. The summed E-state index contributed by atoms with van der Waals surface area (Å²) in [5.41, 5.74) is 3.41. The molecule has 0 radical (unpaired) electrons. The van der Waals surface area contributed by atoms with Crippen LogP contribution in [0.1, 0.15) is 5.56 Å². The third kappa shape index (κ3) is 1.92. The highest BCUT2D eigenvalue weighted by molar-refractivity contribution is 6.30. The van der Waals surface area contributed by atoms with Gasteiger partial charge in [-0.3, -0.25) is 14.9 Å². The van der Waals surface area contributed by atoms with Gasteiger partial charge in [-0.15, -0.1) is 0 Å². The topological polar surface area (TPSA) is 50.7 Å². The molecule has 108 valence electrons. The number of H-pyrrole nitrogens is 1. The van der Waals surface area contributed by atoms with E-state index in [4.69, 9.17) is 11.6 Å². The minimum Gasteiger partial charge on any atom is -0.290 e. The van der Waals surface area contributed by atoms with E-state index >= 15 is 0 Å². The molecule has 0 atom stereocenters. The van der Waals surface area contributed by atoms with Gasteiger partial charge in [-0.05, 0) is 43.3 Å². The quantitative estimate of drug-likeness (QED) is 0.581. The van der Waals surface area contributed by atoms with E-state index < -0.39 is 0 Å². The Kier molecular flexibility index (Phi) is 2.81. The summed E-state index contributed by atoms with van der Waals surface area (Å²) in [6, 6.07) is 13.1. The van der Waals surface area contributed by atoms with Gasteiger partial charge in [-0.2, -0.15) is 0 Å². The number of aromatic nitrogens is 3. The lowest BCUT2D eigenvalue weighted by molar-refractivity contribution is 0.864. The first-order chi connectivity index (χ1) is 10.6. The Balaban J connectivity index is 2.07. The van der Waals surface area contributed by atoms with Gasteiger partial charge in [-0.1, -0.05) is 23.2 Å². The third-order valence-electron chi connectivity index (χ3n) is 3.77. The molecule has 4 nitrogen and oxygen atoms in total. The molecule has 0 aliphatic heterocycles. The molecule has 0 amide bonds. The molecule has 2 aromatic heterocycles. The lowest BCUT2D eigenvalue weighted by Crippen LogP contribution is -2.13. The number of pyridine rings is 1. The summed E-state index contributed by atoms with van der Waals surface area (Å²) < 4.78 is 1.52. The predicted molar refractivity (Wildman–Crippen MR) is 88.9 cm³/mol. The molecule has 0 bridgehead atoms. The summed E-state index contributed by atoms with van der Waals surface area (Å²) in [5, 5.41) is 5.35. The van der Waals surface area contributed by atoms with E-state index in [1.807, 2.05) is 25.1 Å². The van der Waals surface area contributed by atoms with Gasteiger partial charge in [0.15, 0.2) is 0 Å². The van der Waals surface area contributed by atoms with Gasteiger partial charge in [0, 0.05) is 16.6 Å². The number of rotatable bonds is 1. The van der Waals surface area contributed by atoms with Crippen molar-refractivity contribution in [3.63, 3.8) is 0 Å². The number of halogens is 1. The molecule has 4 rings (SSSR count). The van der Waals surface area contributed by atoms with Crippen molar-refractivity contribution in [2.75, 3.05) is 0 Å². The second-order valence-corrected chi connectivity index (χ2v) is 5.73. The first kappa shape index (κ1) is 13.1. The van der Waals surface area contributed by atoms with Gasteiger partial charge in [0.25, 0.3) is 5.56 Å². The summed E-state index contributed by atoms with van der Waals surface area (Å²) in [5.74, 6) is 0. The first-order valence-corrected chi connectivity index (χ1v) is 7.27. The van der Waals surface area contributed by atoms with Crippen LogP contribution in [0.25, 0.3) is 27.5 Å². The van der Waals surface area contributed by atoms with Crippen LogP contribution in [0.4, 0.5) is 0 Å². The standard InChI is InChI=1S/C17H12ClN3O/c1-10-2-7-15-13(8-10)16-14(9-19-15)17(22)21(20-16)12-5-3-11(18)4-6-12/h2-9,20H,1H3. The Bertz CT molecular complexity index is 1060. The van der Waals surface area contributed by atoms with Gasteiger partial charge in [0.1, 0.15) is 0 Å². The van der Waals surface area contributed by atoms with Crippen LogP contribution in [-0.2, 0) is 0 Å². The molecule has 5 heteroatoms. The zero-order valence-corrected chi connectivity index (χ0v) is 12.6. The van der Waals surface area contributed by atoms with E-state index in [9.17, 15) is 4.79 Å². The smallest absolute Gasteiger partial charge is 0.280 e. The molecule has 0 fully saturated rings. The van der Waals surface area contributed by atoms with Crippen molar-refractivity contribution in [2.24, 2.45) is 0 Å². The second kappa shape index (κ2) is 4.71. The maximum atomic E-state index is 12.6. The van der Waals surface area contributed by atoms with Crippen LogP contribution in [0.5, 0.6) is 0 Å². The Morgan fingerprint density at radius 1 is 1.09 bits per heavy atom. The van der Waals surface area contributed by atoms with Crippen molar-refractivity contribution in [1.82, 2.24) is 14.8 Å². The van der Waals surface area contributed by atoms with E-state index in [1.54, 1.807) is 30.5 Å². The van der Waals surface area contributed by atoms with E-state index in [0.717, 1.165) is 27.7 Å². The molecule has 0 aliphatic carbocycles. The Labute approximate surface area is 131 Å². The number of fused-ring (bicyclic) bond motifs is 3. The van der Waals surface area contributed by atoms with E-state index in [-0.39, 0.29) is 5.56 Å². The molecular weight excluding hydrogens is 298 g/mol. The number of benzene rings is 2. The number of hydrogen-bond donors (Lipinski definition) is 1. The van der Waals surface area contributed by atoms with Crippen molar-refractivity contribution in [3.05, 3.63) is 69.6 Å². The maximum Gasteiger partial charge on any atom is 0.280 e. The Morgan fingerprint density at radius 3 is 2.64 bits per heavy atom. The van der Waals surface area contributed by atoms with Crippen LogP contribution in [0, 0.1) is 6.92 Å². The number of nitrogens with zero attached hydrogens (tertiary/aromatic N) is 2. The second-order valence-electron chi connectivity index (χ2n) is 5.30. The van der Waals surface area contributed by atoms with Gasteiger partial charge in [-0.25, -0.2) is 4.68 Å². The molecular formula is C17H12ClN3O. The number of aromatic amines is 1. The fourth-order valence-corrected chi connectivity index (χ4v) is 2.77. The molecule has 0 spiro atoms. The van der Waals surface area contributed by atoms with Gasteiger partial charge >= 0.3 is 0 Å². The molecule has 0 saturated heterocycles. The molecule has 22 heavy (non-hydrogen) atoms. The SMILES string of the molecule is Cc1ccc2ncc3c(=O)n(-c4ccc(Cl)cc4)[nH]c3c2c1. The average Bonchev–Trinajstić information content (AvgIpc) is 2.86. The lowest BCUT2D eigenvalue weighted by Gasteiger charge is -2.01. The third-order valence-corrected chi connectivity index (χ3v) is 4.02. The van der Waals surface area contributed by atoms with Crippen LogP contribution in [0.2, 0.25) is 5.02 Å². The normalized spacial score (nSPS) is 11.4. The molecule has 0 saturated carbocycles. The van der Waals surface area contributed by atoms with Crippen LogP contribution in [0.3, 0.4) is 0 Å². The summed E-state index contributed by atoms with van der Waals surface area (Å²) in [6.45, 7) is 2.02. The highest BCUT2D eigenvalue weighted by atomic mass is 35.5. The molecule has 2 heterocycles. The fraction of sp³-hybridized carbons (Fsp3) is 0.0588. The van der Waals surface area contributed by atoms with Crippen LogP contribution in [0.15, 0.2) is 53.5 Å². The Hall–Kier alpha value is -2.59. The average molecular weight is 310 g/mol. The summed E-state index contributed by atoms with van der Waals surface area (Å²) in [7, 11) is 0. The molecule has 4 aromatic rings. The van der Waals surface area contributed by atoms with Gasteiger partial charge in [0.05, 0.1) is 22.1 Å². The number of nitrogens with one attached hydrogen (secondary N) is 1. The zero-order valence-electron chi connectivity index (χ0n) is 11.8. The number of aryl methyl sites for hydroxylation is 1. The summed E-state index contributed by atoms with van der Waals surface area (Å²) >= 11 is 5.91. The van der Waals surface area contributed by atoms with E-state index in [2.05, 4.69) is 10.1 Å². The van der Waals surface area contributed by atoms with Crippen molar-refractivity contribution >= 4 is 33.4 Å². The van der Waals surface area contributed by atoms with Crippen molar-refractivity contribution in [3.8, 4) is 5.69 Å².